The van der Waals surface area contributed by atoms with E-state index >= 15 is 0 Å². The van der Waals surface area contributed by atoms with Crippen LogP contribution in [0.3, 0.4) is 0 Å². The molecular formula is C12H18S. The second kappa shape index (κ2) is 4.71. The number of hydrogen-bond donors (Lipinski definition) is 1. The Morgan fingerprint density at radius 2 is 1.85 bits per heavy atom. The Kier molecular flexibility index (Phi) is 3.86. The number of hydrogen-bond acceptors (Lipinski definition) is 1. The molecule has 0 bridgehead atoms. The zero-order valence-electron chi connectivity index (χ0n) is 8.72. The van der Waals surface area contributed by atoms with Gasteiger partial charge in [0.15, 0.2) is 0 Å². The van der Waals surface area contributed by atoms with Gasteiger partial charge >= 0.3 is 0 Å². The molecule has 1 heteroatoms. The Morgan fingerprint density at radius 3 is 2.54 bits per heavy atom. The molecule has 0 spiro atoms. The summed E-state index contributed by atoms with van der Waals surface area (Å²) < 4.78 is 0. The lowest BCUT2D eigenvalue weighted by molar-refractivity contribution is 0.905. The van der Waals surface area contributed by atoms with Crippen molar-refractivity contribution in [3.8, 4) is 0 Å². The van der Waals surface area contributed by atoms with Crippen LogP contribution in [0.15, 0.2) is 17.0 Å². The summed E-state index contributed by atoms with van der Waals surface area (Å²) in [5.74, 6) is 0. The molecule has 0 aliphatic heterocycles. The number of benzene rings is 1. The van der Waals surface area contributed by atoms with E-state index in [4.69, 9.17) is 0 Å². The summed E-state index contributed by atoms with van der Waals surface area (Å²) in [6, 6.07) is 4.42. The molecular weight excluding hydrogens is 176 g/mol. The third-order valence-electron chi connectivity index (χ3n) is 2.45. The molecule has 2 rings (SSSR count). The fourth-order valence-corrected chi connectivity index (χ4v) is 2.09. The highest BCUT2D eigenvalue weighted by Gasteiger charge is 2.13. The van der Waals surface area contributed by atoms with Crippen molar-refractivity contribution >= 4 is 12.6 Å². The first-order valence-electron chi connectivity index (χ1n) is 5.09. The fraction of sp³-hybridized carbons (Fsp3) is 0.500. The molecule has 1 aliphatic carbocycles. The van der Waals surface area contributed by atoms with Gasteiger partial charge in [-0.3, -0.25) is 0 Å². The number of thiol groups is 1. The quantitative estimate of drug-likeness (QED) is 0.597. The van der Waals surface area contributed by atoms with E-state index in [2.05, 4.69) is 31.7 Å². The average molecular weight is 194 g/mol. The average Bonchev–Trinajstić information content (AvgIpc) is 2.63. The molecule has 0 saturated heterocycles. The number of fused-ring (bicyclic) bond motifs is 1. The SMILES string of the molecule is CC.Cc1ccc2c(c1S)CCC2. The summed E-state index contributed by atoms with van der Waals surface area (Å²) in [5, 5.41) is 0. The minimum Gasteiger partial charge on any atom is -0.143 e. The van der Waals surface area contributed by atoms with Gasteiger partial charge in [0.1, 0.15) is 0 Å². The molecule has 0 fully saturated rings. The zero-order chi connectivity index (χ0) is 9.84. The first kappa shape index (κ1) is 10.6. The molecule has 0 atom stereocenters. The minimum absolute atomic E-state index is 1.22. The maximum absolute atomic E-state index is 4.50. The Bertz CT molecular complexity index is 289. The van der Waals surface area contributed by atoms with Crippen LogP contribution in [-0.2, 0) is 12.8 Å². The van der Waals surface area contributed by atoms with Gasteiger partial charge in [0.2, 0.25) is 0 Å². The lowest BCUT2D eigenvalue weighted by Gasteiger charge is -2.05. The Hall–Kier alpha value is -0.430. The maximum atomic E-state index is 4.50. The fourth-order valence-electron chi connectivity index (χ4n) is 1.76. The van der Waals surface area contributed by atoms with Crippen molar-refractivity contribution < 1.29 is 0 Å². The van der Waals surface area contributed by atoms with Crippen molar-refractivity contribution in [2.24, 2.45) is 0 Å². The summed E-state index contributed by atoms with van der Waals surface area (Å²) >= 11 is 4.50. The molecule has 0 aromatic heterocycles. The lowest BCUT2D eigenvalue weighted by atomic mass is 10.1. The summed E-state index contributed by atoms with van der Waals surface area (Å²) in [4.78, 5) is 1.22. The molecule has 0 amide bonds. The van der Waals surface area contributed by atoms with Crippen LogP contribution in [0.2, 0.25) is 0 Å². The van der Waals surface area contributed by atoms with Gasteiger partial charge in [-0.15, -0.1) is 12.6 Å². The standard InChI is InChI=1S/C10H12S.C2H6/c1-7-5-6-8-3-2-4-9(8)10(7)11;1-2/h5-6,11H,2-4H2,1H3;1-2H3. The second-order valence-electron chi connectivity index (χ2n) is 3.22. The molecule has 13 heavy (non-hydrogen) atoms. The molecule has 0 saturated carbocycles. The Morgan fingerprint density at radius 1 is 1.15 bits per heavy atom. The van der Waals surface area contributed by atoms with E-state index in [-0.39, 0.29) is 0 Å². The second-order valence-corrected chi connectivity index (χ2v) is 3.67. The van der Waals surface area contributed by atoms with Gasteiger partial charge in [0.05, 0.1) is 0 Å². The number of rotatable bonds is 0. The van der Waals surface area contributed by atoms with Crippen molar-refractivity contribution in [3.05, 3.63) is 28.8 Å². The van der Waals surface area contributed by atoms with Gasteiger partial charge in [-0.25, -0.2) is 0 Å². The molecule has 1 aliphatic rings. The predicted octanol–water partition coefficient (Wildman–Crippen LogP) is 3.80. The van der Waals surface area contributed by atoms with E-state index in [0.29, 0.717) is 0 Å². The van der Waals surface area contributed by atoms with Gasteiger partial charge < -0.3 is 0 Å². The molecule has 0 radical (unpaired) electrons. The highest BCUT2D eigenvalue weighted by Crippen LogP contribution is 2.29. The topological polar surface area (TPSA) is 0 Å². The van der Waals surface area contributed by atoms with Gasteiger partial charge in [-0.05, 0) is 42.9 Å². The van der Waals surface area contributed by atoms with Gasteiger partial charge in [-0.2, -0.15) is 0 Å². The maximum Gasteiger partial charge on any atom is 0.0104 e. The van der Waals surface area contributed by atoms with E-state index in [1.165, 1.54) is 40.8 Å². The summed E-state index contributed by atoms with van der Waals surface area (Å²) in [7, 11) is 0. The van der Waals surface area contributed by atoms with Gasteiger partial charge in [0, 0.05) is 4.90 Å². The van der Waals surface area contributed by atoms with E-state index in [0.717, 1.165) is 0 Å². The van der Waals surface area contributed by atoms with Crippen LogP contribution < -0.4 is 0 Å². The van der Waals surface area contributed by atoms with Crippen LogP contribution in [-0.4, -0.2) is 0 Å². The van der Waals surface area contributed by atoms with E-state index in [1.54, 1.807) is 0 Å². The van der Waals surface area contributed by atoms with Crippen LogP contribution in [0.5, 0.6) is 0 Å². The van der Waals surface area contributed by atoms with Crippen LogP contribution >= 0.6 is 12.6 Å². The molecule has 1 aromatic carbocycles. The first-order valence-corrected chi connectivity index (χ1v) is 5.54. The van der Waals surface area contributed by atoms with E-state index in [1.807, 2.05) is 13.8 Å². The van der Waals surface area contributed by atoms with Crippen LogP contribution in [0, 0.1) is 6.92 Å². The van der Waals surface area contributed by atoms with E-state index < -0.39 is 0 Å². The molecule has 0 unspecified atom stereocenters. The van der Waals surface area contributed by atoms with Crippen molar-refractivity contribution in [2.75, 3.05) is 0 Å². The van der Waals surface area contributed by atoms with Crippen molar-refractivity contribution in [1.82, 2.24) is 0 Å². The summed E-state index contributed by atoms with van der Waals surface area (Å²) in [6.45, 7) is 6.13. The third kappa shape index (κ3) is 2.08. The van der Waals surface area contributed by atoms with Crippen molar-refractivity contribution in [1.29, 1.82) is 0 Å². The highest BCUT2D eigenvalue weighted by molar-refractivity contribution is 7.80. The third-order valence-corrected chi connectivity index (χ3v) is 3.08. The Labute approximate surface area is 86.8 Å². The van der Waals surface area contributed by atoms with Crippen molar-refractivity contribution in [2.45, 2.75) is 44.9 Å². The van der Waals surface area contributed by atoms with Gasteiger partial charge in [0.25, 0.3) is 0 Å². The smallest absolute Gasteiger partial charge is 0.0104 e. The molecule has 0 N–H and O–H groups in total. The lowest BCUT2D eigenvalue weighted by Crippen LogP contribution is -1.86. The minimum atomic E-state index is 1.22. The predicted molar refractivity (Wildman–Crippen MR) is 61.8 cm³/mol. The summed E-state index contributed by atoms with van der Waals surface area (Å²) in [5.41, 5.74) is 4.32. The number of aryl methyl sites for hydroxylation is 2. The monoisotopic (exact) mass is 194 g/mol. The Balaban J connectivity index is 0.000000396. The van der Waals surface area contributed by atoms with Crippen molar-refractivity contribution in [3.63, 3.8) is 0 Å². The molecule has 1 aromatic rings. The van der Waals surface area contributed by atoms with Crippen LogP contribution in [0.25, 0.3) is 0 Å². The van der Waals surface area contributed by atoms with E-state index in [9.17, 15) is 0 Å². The molecule has 0 nitrogen and oxygen atoms in total. The van der Waals surface area contributed by atoms with Gasteiger partial charge in [-0.1, -0.05) is 26.0 Å². The summed E-state index contributed by atoms with van der Waals surface area (Å²) in [6.07, 6.45) is 3.80. The normalized spacial score (nSPS) is 13.2. The zero-order valence-corrected chi connectivity index (χ0v) is 9.62. The van der Waals surface area contributed by atoms with Crippen LogP contribution in [0.4, 0.5) is 0 Å². The first-order chi connectivity index (χ1) is 6.29. The largest absolute Gasteiger partial charge is 0.143 e. The molecule has 0 heterocycles. The van der Waals surface area contributed by atoms with Crippen LogP contribution in [0.1, 0.15) is 37.0 Å². The highest BCUT2D eigenvalue weighted by atomic mass is 32.1. The molecule has 72 valence electrons.